The van der Waals surface area contributed by atoms with Crippen LogP contribution in [0, 0.1) is 41.4 Å². The van der Waals surface area contributed by atoms with Crippen LogP contribution in [0.3, 0.4) is 0 Å². The van der Waals surface area contributed by atoms with E-state index in [9.17, 15) is 0 Å². The quantitative estimate of drug-likeness (QED) is 0.0421. The Morgan fingerprint density at radius 2 is 0.573 bits per heavy atom. The first-order valence-electron chi connectivity index (χ1n) is 45.9. The van der Waals surface area contributed by atoms with Crippen LogP contribution in [0.5, 0.6) is 0 Å². The summed E-state index contributed by atoms with van der Waals surface area (Å²) in [5.74, 6) is 6.02. The Bertz CT molecular complexity index is 1530. The van der Waals surface area contributed by atoms with Gasteiger partial charge in [0, 0.05) is 0 Å². The Hall–Kier alpha value is -1.04. The molecule has 0 aromatic heterocycles. The highest BCUT2D eigenvalue weighted by Gasteiger charge is 2.14. The molecule has 7 atom stereocenters. The Balaban J connectivity index is 4.54. The van der Waals surface area contributed by atoms with E-state index >= 15 is 0 Å². The fourth-order valence-corrected chi connectivity index (χ4v) is 16.4. The first-order valence-corrected chi connectivity index (χ1v) is 45.9. The van der Waals surface area contributed by atoms with Crippen LogP contribution in [0.25, 0.3) is 0 Å². The molecule has 0 saturated heterocycles. The molecule has 0 nitrogen and oxygen atoms in total. The molecule has 0 rings (SSSR count). The molecule has 0 saturated carbocycles. The molecule has 0 N–H and O–H groups in total. The number of allylic oxidation sites excluding steroid dienone is 6. The molecule has 570 valence electrons. The molecule has 0 aromatic carbocycles. The van der Waals surface area contributed by atoms with E-state index in [1.165, 1.54) is 469 Å². The zero-order valence-corrected chi connectivity index (χ0v) is 68.5. The summed E-state index contributed by atoms with van der Waals surface area (Å²) >= 11 is 0. The van der Waals surface area contributed by atoms with Crippen LogP contribution in [-0.2, 0) is 0 Å². The van der Waals surface area contributed by atoms with E-state index in [4.69, 9.17) is 0 Å². The van der Waals surface area contributed by atoms with Crippen LogP contribution in [0.4, 0.5) is 0 Å². The predicted octanol–water partition coefficient (Wildman–Crippen LogP) is 35.8. The molecular formula is C96H186. The van der Waals surface area contributed by atoms with Gasteiger partial charge in [-0.25, -0.2) is 0 Å². The van der Waals surface area contributed by atoms with Gasteiger partial charge in [0.15, 0.2) is 0 Å². The van der Waals surface area contributed by atoms with Crippen molar-refractivity contribution in [2.75, 3.05) is 0 Å². The minimum Gasteiger partial charge on any atom is -0.103 e. The summed E-state index contributed by atoms with van der Waals surface area (Å²) in [5.41, 5.74) is 1.83. The molecule has 0 radical (unpaired) electrons. The second-order valence-electron chi connectivity index (χ2n) is 33.2. The molecule has 0 aliphatic heterocycles. The van der Waals surface area contributed by atoms with Crippen molar-refractivity contribution >= 4 is 0 Å². The van der Waals surface area contributed by atoms with Crippen LogP contribution in [0.15, 0.2) is 49.1 Å². The number of unbranched alkanes of at least 4 members (excludes halogenated alkanes) is 46. The molecule has 0 fully saturated rings. The Morgan fingerprint density at radius 1 is 0.250 bits per heavy atom. The van der Waals surface area contributed by atoms with Crippen molar-refractivity contribution in [1.82, 2.24) is 0 Å². The second kappa shape index (κ2) is 79.7. The normalized spacial score (nSPS) is 14.4. The second-order valence-corrected chi connectivity index (χ2v) is 33.2. The zero-order valence-electron chi connectivity index (χ0n) is 68.5. The highest BCUT2D eigenvalue weighted by molar-refractivity contribution is 5.02. The largest absolute Gasteiger partial charge is 0.103 e. The van der Waals surface area contributed by atoms with Gasteiger partial charge in [0.1, 0.15) is 0 Å². The predicted molar refractivity (Wildman–Crippen MR) is 444 cm³/mol. The fraction of sp³-hybridized carbons (Fsp3) is 0.917. The van der Waals surface area contributed by atoms with E-state index in [0.717, 1.165) is 35.5 Å². The van der Waals surface area contributed by atoms with Crippen molar-refractivity contribution in [2.45, 2.75) is 524 Å². The van der Waals surface area contributed by atoms with Crippen molar-refractivity contribution in [3.8, 4) is 0 Å². The van der Waals surface area contributed by atoms with Gasteiger partial charge >= 0.3 is 0 Å². The molecule has 0 aliphatic rings. The lowest BCUT2D eigenvalue weighted by atomic mass is 9.88. The Morgan fingerprint density at radius 3 is 0.938 bits per heavy atom. The summed E-state index contributed by atoms with van der Waals surface area (Å²) in [6.07, 6.45) is 118. The third-order valence-electron chi connectivity index (χ3n) is 23.8. The maximum atomic E-state index is 4.07. The van der Waals surface area contributed by atoms with Crippen LogP contribution in [-0.4, -0.2) is 0 Å². The zero-order chi connectivity index (χ0) is 69.8. The van der Waals surface area contributed by atoms with E-state index in [0.29, 0.717) is 5.92 Å². The molecule has 0 aromatic rings. The van der Waals surface area contributed by atoms with Gasteiger partial charge in [-0.1, -0.05) is 496 Å². The van der Waals surface area contributed by atoms with Crippen LogP contribution >= 0.6 is 0 Å². The molecule has 0 heterocycles. The highest BCUT2D eigenvalue weighted by atomic mass is 14.2. The lowest BCUT2D eigenvalue weighted by molar-refractivity contribution is 0.362. The number of hydrogen-bond donors (Lipinski definition) is 0. The maximum Gasteiger partial charge on any atom is -0.0233 e. The highest BCUT2D eigenvalue weighted by Crippen LogP contribution is 2.31. The monoisotopic (exact) mass is 1340 g/mol. The fourth-order valence-electron chi connectivity index (χ4n) is 16.4. The topological polar surface area (TPSA) is 0 Å². The van der Waals surface area contributed by atoms with E-state index < -0.39 is 0 Å². The molecule has 7 unspecified atom stereocenters. The van der Waals surface area contributed by atoms with Crippen LogP contribution in [0.1, 0.15) is 524 Å². The van der Waals surface area contributed by atoms with Crippen molar-refractivity contribution < 1.29 is 0 Å². The lowest BCUT2D eigenvalue weighted by Crippen LogP contribution is -2.03. The lowest BCUT2D eigenvalue weighted by Gasteiger charge is -2.18. The third kappa shape index (κ3) is 70.0. The summed E-state index contributed by atoms with van der Waals surface area (Å²) in [6.45, 7) is 27.0. The van der Waals surface area contributed by atoms with Gasteiger partial charge < -0.3 is 0 Å². The van der Waals surface area contributed by atoms with E-state index in [1.807, 2.05) is 5.57 Å². The van der Waals surface area contributed by atoms with E-state index in [1.54, 1.807) is 0 Å². The van der Waals surface area contributed by atoms with Gasteiger partial charge in [0.2, 0.25) is 0 Å². The molecule has 0 aliphatic carbocycles. The van der Waals surface area contributed by atoms with Crippen molar-refractivity contribution in [1.29, 1.82) is 0 Å². The molecule has 96 heavy (non-hydrogen) atoms. The smallest absolute Gasteiger partial charge is 0.0233 e. The van der Waals surface area contributed by atoms with E-state index in [2.05, 4.69) is 98.9 Å². The molecule has 0 amide bonds. The number of rotatable bonds is 83. The summed E-state index contributed by atoms with van der Waals surface area (Å²) < 4.78 is 0. The number of hydrogen-bond acceptors (Lipinski definition) is 0. The molecular weight excluding hydrogens is 1150 g/mol. The first-order chi connectivity index (χ1) is 47.3. The van der Waals surface area contributed by atoms with Crippen molar-refractivity contribution in [3.05, 3.63) is 49.1 Å². The van der Waals surface area contributed by atoms with Crippen molar-refractivity contribution in [2.24, 2.45) is 41.4 Å². The minimum absolute atomic E-state index is 0.682. The summed E-state index contributed by atoms with van der Waals surface area (Å²) in [6, 6.07) is 0. The summed E-state index contributed by atoms with van der Waals surface area (Å²) in [5, 5.41) is 0. The average Bonchev–Trinajstić information content (AvgIpc) is 3.74. The third-order valence-corrected chi connectivity index (χ3v) is 23.8. The van der Waals surface area contributed by atoms with Gasteiger partial charge in [0.25, 0.3) is 0 Å². The van der Waals surface area contributed by atoms with Crippen molar-refractivity contribution in [3.63, 3.8) is 0 Å². The Labute approximate surface area is 611 Å². The van der Waals surface area contributed by atoms with Crippen LogP contribution < -0.4 is 0 Å². The SMILES string of the molecule is C=CCC(CC)CCCCC=C(CCCCCCCCCCCCC(CCCCCCCCCCCCCC)CCCC(C)C=C)CCC(CCC)CCCCCCCCCC(CCCCCC)CCCCCCCCCCCCCCCCCC(C=CC(C)CC)CCCC. The van der Waals surface area contributed by atoms with Gasteiger partial charge in [-0.2, -0.15) is 0 Å². The summed E-state index contributed by atoms with van der Waals surface area (Å²) in [4.78, 5) is 0. The van der Waals surface area contributed by atoms with Gasteiger partial charge in [-0.15, -0.1) is 13.2 Å². The van der Waals surface area contributed by atoms with Gasteiger partial charge in [0.05, 0.1) is 0 Å². The minimum atomic E-state index is 0.682. The van der Waals surface area contributed by atoms with Gasteiger partial charge in [-0.3, -0.25) is 0 Å². The van der Waals surface area contributed by atoms with Crippen LogP contribution in [0.2, 0.25) is 0 Å². The molecule has 0 bridgehead atoms. The Kier molecular flexibility index (Phi) is 78.8. The molecule has 0 spiro atoms. The summed E-state index contributed by atoms with van der Waals surface area (Å²) in [7, 11) is 0. The first kappa shape index (κ1) is 95.0. The standard InChI is InChI=1S/C96H186/c1-11-19-22-24-25-26-27-33-38-45-53-63-79-94(84-69-72-89(9)16-6)80-64-54-46-41-36-37-42-48-57-66-82-96(83-68-58-67-74-91(18-8)70-14-4)88-87-92(71-15-5)75-60-51-49-43-50-55-62-78-93(76-59-23-20-12-2)77-61-52-44-39-34-31-29-28-30-32-35-40-47-56-65-81-95(73-21-13-3)86-85-90(10)17-7/h14,16,83,85-86,89-95H,4,6,11-13,15,17-82,84,87-88H2,1-3,5,7-10H3. The van der Waals surface area contributed by atoms with Gasteiger partial charge in [-0.05, 0) is 106 Å². The average molecular weight is 1340 g/mol. The van der Waals surface area contributed by atoms with E-state index in [-0.39, 0.29) is 0 Å². The molecule has 0 heteroatoms. The maximum absolute atomic E-state index is 4.07.